The molecule has 0 unspecified atom stereocenters. The van der Waals surface area contributed by atoms with E-state index >= 15 is 0 Å². The first kappa shape index (κ1) is 16.6. The van der Waals surface area contributed by atoms with Crippen molar-refractivity contribution in [2.24, 2.45) is 0 Å². The maximum atomic E-state index is 13.1. The lowest BCUT2D eigenvalue weighted by molar-refractivity contribution is -0.386. The molecule has 120 valence electrons. The molecular weight excluding hydrogens is 301 g/mol. The van der Waals surface area contributed by atoms with Crippen molar-refractivity contribution in [1.82, 2.24) is 0 Å². The van der Waals surface area contributed by atoms with Crippen molar-refractivity contribution in [2.75, 3.05) is 0 Å². The van der Waals surface area contributed by atoms with Gasteiger partial charge in [-0.3, -0.25) is 14.9 Å². The predicted octanol–water partition coefficient (Wildman–Crippen LogP) is 4.30. The molecule has 0 bridgehead atoms. The second-order valence-corrected chi connectivity index (χ2v) is 5.03. The van der Waals surface area contributed by atoms with E-state index in [-0.39, 0.29) is 29.4 Å². The quantitative estimate of drug-likeness (QED) is 0.434. The molecule has 5 nitrogen and oxygen atoms in total. The molecule has 0 heterocycles. The van der Waals surface area contributed by atoms with E-state index in [9.17, 15) is 19.3 Å². The molecule has 0 saturated carbocycles. The monoisotopic (exact) mass is 317 g/mol. The molecule has 0 aliphatic heterocycles. The maximum Gasteiger partial charge on any atom is 0.311 e. The summed E-state index contributed by atoms with van der Waals surface area (Å²) in [5, 5.41) is 11.2. The van der Waals surface area contributed by atoms with E-state index in [1.165, 1.54) is 36.4 Å². The van der Waals surface area contributed by atoms with Gasteiger partial charge in [-0.2, -0.15) is 0 Å². The number of halogens is 1. The van der Waals surface area contributed by atoms with Gasteiger partial charge in [0.1, 0.15) is 12.4 Å². The van der Waals surface area contributed by atoms with Crippen molar-refractivity contribution in [3.63, 3.8) is 0 Å². The summed E-state index contributed by atoms with van der Waals surface area (Å²) in [7, 11) is 0. The van der Waals surface area contributed by atoms with Gasteiger partial charge in [-0.05, 0) is 36.2 Å². The number of Topliss-reactive ketones (excluding diaryl/α,β-unsaturated/α-hetero) is 1. The molecule has 0 N–H and O–H groups in total. The summed E-state index contributed by atoms with van der Waals surface area (Å²) in [6.45, 7) is 1.86. The Balaban J connectivity index is 2.21. The number of hydrogen-bond acceptors (Lipinski definition) is 4. The third-order valence-electron chi connectivity index (χ3n) is 3.24. The van der Waals surface area contributed by atoms with Crippen molar-refractivity contribution in [2.45, 2.75) is 26.4 Å². The lowest BCUT2D eigenvalue weighted by Gasteiger charge is -2.08. The third kappa shape index (κ3) is 4.35. The van der Waals surface area contributed by atoms with Gasteiger partial charge in [-0.15, -0.1) is 0 Å². The SMILES string of the molecule is CCCC(=O)c1ccc(OCc2cccc(F)c2)c([N+](=O)[O-])c1. The second kappa shape index (κ2) is 7.49. The van der Waals surface area contributed by atoms with Gasteiger partial charge in [-0.1, -0.05) is 19.1 Å². The Labute approximate surface area is 132 Å². The number of benzene rings is 2. The maximum absolute atomic E-state index is 13.1. The number of carbonyl (C=O) groups excluding carboxylic acids is 1. The molecule has 0 amide bonds. The van der Waals surface area contributed by atoms with Crippen LogP contribution in [0.15, 0.2) is 42.5 Å². The largest absolute Gasteiger partial charge is 0.482 e. The van der Waals surface area contributed by atoms with Crippen molar-refractivity contribution in [1.29, 1.82) is 0 Å². The van der Waals surface area contributed by atoms with Crippen LogP contribution >= 0.6 is 0 Å². The highest BCUT2D eigenvalue weighted by Gasteiger charge is 2.18. The molecule has 2 aromatic rings. The molecule has 0 fully saturated rings. The molecular formula is C17H16FNO4. The number of ketones is 1. The molecule has 0 saturated heterocycles. The summed E-state index contributed by atoms with van der Waals surface area (Å²) >= 11 is 0. The molecule has 0 spiro atoms. The summed E-state index contributed by atoms with van der Waals surface area (Å²) in [4.78, 5) is 22.4. The van der Waals surface area contributed by atoms with Gasteiger partial charge in [-0.25, -0.2) is 4.39 Å². The van der Waals surface area contributed by atoms with Gasteiger partial charge >= 0.3 is 5.69 Å². The van der Waals surface area contributed by atoms with Gasteiger partial charge in [0.05, 0.1) is 4.92 Å². The average Bonchev–Trinajstić information content (AvgIpc) is 2.53. The fourth-order valence-electron chi connectivity index (χ4n) is 2.11. The minimum Gasteiger partial charge on any atom is -0.482 e. The van der Waals surface area contributed by atoms with Crippen LogP contribution in [0.3, 0.4) is 0 Å². The van der Waals surface area contributed by atoms with Crippen molar-refractivity contribution >= 4 is 11.5 Å². The van der Waals surface area contributed by atoms with Crippen molar-refractivity contribution in [3.05, 3.63) is 69.5 Å². The first-order chi connectivity index (χ1) is 11.0. The van der Waals surface area contributed by atoms with Crippen LogP contribution in [-0.2, 0) is 6.61 Å². The van der Waals surface area contributed by atoms with E-state index in [2.05, 4.69) is 0 Å². The number of rotatable bonds is 7. The normalized spacial score (nSPS) is 10.3. The standard InChI is InChI=1S/C17H16FNO4/c1-2-4-16(20)13-7-8-17(15(10-13)19(21)22)23-11-12-5-3-6-14(18)9-12/h3,5-10H,2,4,11H2,1H3. The van der Waals surface area contributed by atoms with Gasteiger partial charge in [0, 0.05) is 18.1 Å². The van der Waals surface area contributed by atoms with E-state index in [4.69, 9.17) is 4.74 Å². The Bertz CT molecular complexity index is 730. The topological polar surface area (TPSA) is 69.4 Å². The smallest absolute Gasteiger partial charge is 0.311 e. The van der Waals surface area contributed by atoms with Crippen LogP contribution in [0, 0.1) is 15.9 Å². The summed E-state index contributed by atoms with van der Waals surface area (Å²) < 4.78 is 18.5. The zero-order chi connectivity index (χ0) is 16.8. The molecule has 0 atom stereocenters. The van der Waals surface area contributed by atoms with Crippen LogP contribution < -0.4 is 4.74 Å². The van der Waals surface area contributed by atoms with Crippen LogP contribution in [0.4, 0.5) is 10.1 Å². The van der Waals surface area contributed by atoms with Crippen molar-refractivity contribution in [3.8, 4) is 5.75 Å². The van der Waals surface area contributed by atoms with Crippen LogP contribution in [0.5, 0.6) is 5.75 Å². The number of hydrogen-bond donors (Lipinski definition) is 0. The van der Waals surface area contributed by atoms with Gasteiger partial charge in [0.2, 0.25) is 0 Å². The Morgan fingerprint density at radius 2 is 2.04 bits per heavy atom. The van der Waals surface area contributed by atoms with E-state index in [0.29, 0.717) is 18.4 Å². The summed E-state index contributed by atoms with van der Waals surface area (Å²) in [6.07, 6.45) is 1.01. The number of ether oxygens (including phenoxy) is 1. The van der Waals surface area contributed by atoms with Gasteiger partial charge in [0.25, 0.3) is 0 Å². The number of carbonyl (C=O) groups is 1. The summed E-state index contributed by atoms with van der Waals surface area (Å²) in [5.74, 6) is -0.499. The van der Waals surface area contributed by atoms with Crippen LogP contribution in [0.25, 0.3) is 0 Å². The number of nitrogens with zero attached hydrogens (tertiary/aromatic N) is 1. The Kier molecular flexibility index (Phi) is 5.41. The second-order valence-electron chi connectivity index (χ2n) is 5.03. The summed E-state index contributed by atoms with van der Waals surface area (Å²) in [5.41, 5.74) is 0.574. The first-order valence-corrected chi connectivity index (χ1v) is 7.20. The molecule has 2 rings (SSSR count). The molecule has 23 heavy (non-hydrogen) atoms. The Morgan fingerprint density at radius 1 is 1.26 bits per heavy atom. The highest BCUT2D eigenvalue weighted by Crippen LogP contribution is 2.29. The molecule has 0 aromatic heterocycles. The molecule has 0 aliphatic rings. The Hall–Kier alpha value is -2.76. The molecule has 2 aromatic carbocycles. The fraction of sp³-hybridized carbons (Fsp3) is 0.235. The number of nitro benzene ring substituents is 1. The highest BCUT2D eigenvalue weighted by atomic mass is 19.1. The van der Waals surface area contributed by atoms with E-state index < -0.39 is 10.7 Å². The third-order valence-corrected chi connectivity index (χ3v) is 3.24. The molecule has 0 aliphatic carbocycles. The van der Waals surface area contributed by atoms with E-state index in [0.717, 1.165) is 0 Å². The predicted molar refractivity (Wildman–Crippen MR) is 83.1 cm³/mol. The zero-order valence-corrected chi connectivity index (χ0v) is 12.6. The van der Waals surface area contributed by atoms with Crippen LogP contribution in [-0.4, -0.2) is 10.7 Å². The minimum absolute atomic E-state index is 0.000846. The first-order valence-electron chi connectivity index (χ1n) is 7.20. The number of nitro groups is 1. The fourth-order valence-corrected chi connectivity index (χ4v) is 2.11. The average molecular weight is 317 g/mol. The molecule has 6 heteroatoms. The summed E-state index contributed by atoms with van der Waals surface area (Å²) in [6, 6.07) is 9.93. The van der Waals surface area contributed by atoms with Crippen LogP contribution in [0.1, 0.15) is 35.7 Å². The van der Waals surface area contributed by atoms with Gasteiger partial charge < -0.3 is 4.74 Å². The zero-order valence-electron chi connectivity index (χ0n) is 12.6. The van der Waals surface area contributed by atoms with E-state index in [1.807, 2.05) is 6.92 Å². The highest BCUT2D eigenvalue weighted by molar-refractivity contribution is 5.96. The minimum atomic E-state index is -0.594. The van der Waals surface area contributed by atoms with Gasteiger partial charge in [0.15, 0.2) is 11.5 Å². The van der Waals surface area contributed by atoms with E-state index in [1.54, 1.807) is 6.07 Å². The lowest BCUT2D eigenvalue weighted by atomic mass is 10.1. The van der Waals surface area contributed by atoms with Crippen LogP contribution in [0.2, 0.25) is 0 Å². The Morgan fingerprint density at radius 3 is 2.70 bits per heavy atom. The molecule has 0 radical (unpaired) electrons. The van der Waals surface area contributed by atoms with Crippen molar-refractivity contribution < 1.29 is 18.8 Å². The lowest BCUT2D eigenvalue weighted by Crippen LogP contribution is -2.03.